The second-order valence-electron chi connectivity index (χ2n) is 8.90. The van der Waals surface area contributed by atoms with Crippen molar-refractivity contribution in [2.75, 3.05) is 29.9 Å². The molecule has 0 atom stereocenters. The van der Waals surface area contributed by atoms with Gasteiger partial charge in [-0.1, -0.05) is 42.5 Å². The molecule has 0 saturated carbocycles. The van der Waals surface area contributed by atoms with E-state index in [-0.39, 0.29) is 5.91 Å². The van der Waals surface area contributed by atoms with E-state index in [9.17, 15) is 4.79 Å². The van der Waals surface area contributed by atoms with Crippen LogP contribution in [-0.4, -0.2) is 50.0 Å². The molecule has 2 aromatic heterocycles. The molecule has 2 aliphatic heterocycles. The molecule has 1 N–H and O–H groups in total. The fourth-order valence-corrected chi connectivity index (χ4v) is 4.82. The summed E-state index contributed by atoms with van der Waals surface area (Å²) in [6.45, 7) is 3.81. The van der Waals surface area contributed by atoms with Gasteiger partial charge in [-0.15, -0.1) is 0 Å². The molecule has 0 spiro atoms. The Labute approximate surface area is 198 Å². The number of hydrogen-bond donors (Lipinski definition) is 1. The summed E-state index contributed by atoms with van der Waals surface area (Å²) in [5.74, 6) is 1.62. The van der Waals surface area contributed by atoms with Crippen LogP contribution in [0.2, 0.25) is 0 Å². The smallest absolute Gasteiger partial charge is 0.229 e. The maximum absolute atomic E-state index is 12.1. The summed E-state index contributed by atoms with van der Waals surface area (Å²) in [7, 11) is 0. The van der Waals surface area contributed by atoms with Gasteiger partial charge in [-0.25, -0.2) is 4.98 Å². The molecule has 0 aliphatic carbocycles. The zero-order valence-electron chi connectivity index (χ0n) is 19.0. The molecule has 0 radical (unpaired) electrons. The molecule has 4 aromatic rings. The van der Waals surface area contributed by atoms with E-state index in [2.05, 4.69) is 39.5 Å². The van der Waals surface area contributed by atoms with Crippen LogP contribution in [0.1, 0.15) is 24.0 Å². The van der Waals surface area contributed by atoms with Crippen LogP contribution in [0.3, 0.4) is 0 Å². The van der Waals surface area contributed by atoms with Crippen LogP contribution >= 0.6 is 0 Å². The first-order valence-corrected chi connectivity index (χ1v) is 11.9. The number of likely N-dealkylation sites (tertiary alicyclic amines) is 1. The lowest BCUT2D eigenvalue weighted by Crippen LogP contribution is -2.32. The Hall–Kier alpha value is -3.94. The first-order valence-electron chi connectivity index (χ1n) is 11.9. The highest BCUT2D eigenvalue weighted by atomic mass is 16.2. The van der Waals surface area contributed by atoms with E-state index in [1.807, 2.05) is 46.1 Å². The van der Waals surface area contributed by atoms with Crippen LogP contribution in [0.15, 0.2) is 60.9 Å². The lowest BCUT2D eigenvalue weighted by atomic mass is 10.0. The van der Waals surface area contributed by atoms with Crippen LogP contribution < -0.4 is 10.2 Å². The largest absolute Gasteiger partial charge is 0.341 e. The van der Waals surface area contributed by atoms with Crippen molar-refractivity contribution in [3.63, 3.8) is 0 Å². The van der Waals surface area contributed by atoms with E-state index in [4.69, 9.17) is 9.97 Å². The number of aromatic nitrogens is 4. The predicted octanol–water partition coefficient (Wildman–Crippen LogP) is 3.76. The number of hydrogen-bond acceptors (Lipinski definition) is 6. The average molecular weight is 454 g/mol. The van der Waals surface area contributed by atoms with Crippen LogP contribution in [0, 0.1) is 0 Å². The minimum Gasteiger partial charge on any atom is -0.341 e. The van der Waals surface area contributed by atoms with Gasteiger partial charge >= 0.3 is 0 Å². The summed E-state index contributed by atoms with van der Waals surface area (Å²) in [5.41, 5.74) is 5.18. The van der Waals surface area contributed by atoms with E-state index in [0.717, 1.165) is 49.3 Å². The monoisotopic (exact) mass is 453 g/mol. The summed E-state index contributed by atoms with van der Waals surface area (Å²) < 4.78 is 2.04. The van der Waals surface area contributed by atoms with Crippen molar-refractivity contribution < 1.29 is 4.79 Å². The first kappa shape index (κ1) is 20.7. The van der Waals surface area contributed by atoms with E-state index >= 15 is 0 Å². The van der Waals surface area contributed by atoms with Crippen molar-refractivity contribution in [1.82, 2.24) is 24.4 Å². The quantitative estimate of drug-likeness (QED) is 0.479. The highest BCUT2D eigenvalue weighted by molar-refractivity contribution is 5.86. The number of fused-ring (bicyclic) bond motifs is 2. The van der Waals surface area contributed by atoms with Crippen LogP contribution in [-0.2, 0) is 24.3 Å². The molecule has 8 heteroatoms. The Balaban J connectivity index is 1.36. The van der Waals surface area contributed by atoms with Crippen LogP contribution in [0.25, 0.3) is 11.2 Å². The number of carbonyl (C=O) groups excluding carboxylic acids is 1. The number of rotatable bonds is 6. The zero-order chi connectivity index (χ0) is 22.9. The van der Waals surface area contributed by atoms with Gasteiger partial charge in [0.2, 0.25) is 11.9 Å². The second kappa shape index (κ2) is 8.78. The Kier molecular flexibility index (Phi) is 5.33. The fourth-order valence-electron chi connectivity index (χ4n) is 4.82. The molecular weight excluding hydrogens is 426 g/mol. The van der Waals surface area contributed by atoms with Gasteiger partial charge in [-0.2, -0.15) is 9.97 Å². The molecule has 172 valence electrons. The maximum Gasteiger partial charge on any atom is 0.229 e. The third-order valence-corrected chi connectivity index (χ3v) is 6.68. The van der Waals surface area contributed by atoms with Gasteiger partial charge in [0, 0.05) is 44.8 Å². The van der Waals surface area contributed by atoms with Crippen molar-refractivity contribution in [1.29, 1.82) is 0 Å². The summed E-state index contributed by atoms with van der Waals surface area (Å²) >= 11 is 0. The first-order chi connectivity index (χ1) is 16.7. The highest BCUT2D eigenvalue weighted by Gasteiger charge is 2.23. The molecule has 0 bridgehead atoms. The molecule has 8 nitrogen and oxygen atoms in total. The van der Waals surface area contributed by atoms with Gasteiger partial charge in [0.1, 0.15) is 0 Å². The molecule has 2 aliphatic rings. The molecule has 0 unspecified atom stereocenters. The van der Waals surface area contributed by atoms with Gasteiger partial charge in [-0.05, 0) is 36.1 Å². The molecule has 1 amide bonds. The lowest BCUT2D eigenvalue weighted by Gasteiger charge is -2.29. The van der Waals surface area contributed by atoms with E-state index in [1.54, 1.807) is 0 Å². The molecule has 1 fully saturated rings. The van der Waals surface area contributed by atoms with E-state index in [0.29, 0.717) is 31.3 Å². The van der Waals surface area contributed by atoms with Crippen molar-refractivity contribution in [3.05, 3.63) is 72.1 Å². The van der Waals surface area contributed by atoms with E-state index < -0.39 is 0 Å². The third-order valence-electron chi connectivity index (χ3n) is 6.68. The SMILES string of the molecule is O=C1CCCN1CCn1cnc2c(Nc3ccccc3)nc(N3CCc4ccccc4C3)nc21. The van der Waals surface area contributed by atoms with Gasteiger partial charge in [0.05, 0.1) is 6.33 Å². The second-order valence-corrected chi connectivity index (χ2v) is 8.90. The molecule has 6 rings (SSSR count). The fraction of sp³-hybridized carbons (Fsp3) is 0.308. The zero-order valence-corrected chi connectivity index (χ0v) is 19.0. The van der Waals surface area contributed by atoms with Crippen LogP contribution in [0.5, 0.6) is 0 Å². The van der Waals surface area contributed by atoms with Gasteiger partial charge in [0.15, 0.2) is 17.0 Å². The third kappa shape index (κ3) is 3.96. The minimum atomic E-state index is 0.234. The van der Waals surface area contributed by atoms with Gasteiger partial charge in [-0.3, -0.25) is 4.79 Å². The number of imidazole rings is 1. The molecule has 34 heavy (non-hydrogen) atoms. The maximum atomic E-state index is 12.1. The average Bonchev–Trinajstić information content (AvgIpc) is 3.48. The van der Waals surface area contributed by atoms with Crippen molar-refractivity contribution in [2.24, 2.45) is 0 Å². The Bertz CT molecular complexity index is 1330. The molecular formula is C26H27N7O. The summed E-state index contributed by atoms with van der Waals surface area (Å²) in [6, 6.07) is 18.6. The van der Waals surface area contributed by atoms with Gasteiger partial charge in [0.25, 0.3) is 0 Å². The predicted molar refractivity (Wildman–Crippen MR) is 132 cm³/mol. The summed E-state index contributed by atoms with van der Waals surface area (Å²) in [4.78, 5) is 30.8. The summed E-state index contributed by atoms with van der Waals surface area (Å²) in [6.07, 6.45) is 4.37. The number of nitrogens with zero attached hydrogens (tertiary/aromatic N) is 6. The number of carbonyl (C=O) groups is 1. The lowest BCUT2D eigenvalue weighted by molar-refractivity contribution is -0.127. The molecule has 4 heterocycles. The Morgan fingerprint density at radius 3 is 2.53 bits per heavy atom. The number of para-hydroxylation sites is 1. The number of nitrogens with one attached hydrogen (secondary N) is 1. The highest BCUT2D eigenvalue weighted by Crippen LogP contribution is 2.28. The standard InChI is InChI=1S/C26H27N7O/c34-22-11-6-13-31(22)15-16-33-18-27-23-24(28-21-9-2-1-3-10-21)29-26(30-25(23)33)32-14-12-19-7-4-5-8-20(19)17-32/h1-5,7-10,18H,6,11-17H2,(H,28,29,30). The topological polar surface area (TPSA) is 79.2 Å². The Morgan fingerprint density at radius 2 is 1.71 bits per heavy atom. The van der Waals surface area contributed by atoms with Gasteiger partial charge < -0.3 is 19.7 Å². The normalized spacial score (nSPS) is 15.7. The van der Waals surface area contributed by atoms with Crippen molar-refractivity contribution in [3.8, 4) is 0 Å². The molecule has 1 saturated heterocycles. The minimum absolute atomic E-state index is 0.234. The summed E-state index contributed by atoms with van der Waals surface area (Å²) in [5, 5.41) is 3.45. The molecule has 2 aromatic carbocycles. The number of amides is 1. The Morgan fingerprint density at radius 1 is 0.882 bits per heavy atom. The van der Waals surface area contributed by atoms with Crippen molar-refractivity contribution >= 4 is 34.5 Å². The van der Waals surface area contributed by atoms with Crippen LogP contribution in [0.4, 0.5) is 17.5 Å². The number of anilines is 3. The number of benzene rings is 2. The van der Waals surface area contributed by atoms with E-state index in [1.165, 1.54) is 11.1 Å². The van der Waals surface area contributed by atoms with Crippen molar-refractivity contribution in [2.45, 2.75) is 32.4 Å².